The number of hydrogen-bond acceptors (Lipinski definition) is 8. The number of amides is 1. The molecule has 0 aliphatic carbocycles. The first-order chi connectivity index (χ1) is 15.8. The number of aryl methyl sites for hydroxylation is 1. The summed E-state index contributed by atoms with van der Waals surface area (Å²) in [7, 11) is -3.64. The Labute approximate surface area is 196 Å². The van der Waals surface area contributed by atoms with Crippen LogP contribution in [0.1, 0.15) is 11.1 Å². The fourth-order valence-electron chi connectivity index (χ4n) is 3.31. The second-order valence-corrected chi connectivity index (χ2v) is 10.4. The third-order valence-electron chi connectivity index (χ3n) is 5.30. The number of hydrogen-bond donors (Lipinski definition) is 1. The van der Waals surface area contributed by atoms with Crippen molar-refractivity contribution >= 4 is 33.4 Å². The summed E-state index contributed by atoms with van der Waals surface area (Å²) in [5.41, 5.74) is 3.37. The summed E-state index contributed by atoms with van der Waals surface area (Å²) in [6.45, 7) is 5.33. The second kappa shape index (κ2) is 10.0. The van der Waals surface area contributed by atoms with Gasteiger partial charge in [-0.2, -0.15) is 4.31 Å². The molecule has 9 nitrogen and oxygen atoms in total. The second-order valence-electron chi connectivity index (χ2n) is 7.50. The fourth-order valence-corrected chi connectivity index (χ4v) is 5.33. The van der Waals surface area contributed by atoms with Gasteiger partial charge in [0.15, 0.2) is 0 Å². The maximum absolute atomic E-state index is 12.9. The highest BCUT2D eigenvalue weighted by Crippen LogP contribution is 2.27. The average molecular weight is 489 g/mol. The Bertz CT molecular complexity index is 1250. The van der Waals surface area contributed by atoms with Gasteiger partial charge in [-0.15, -0.1) is 10.2 Å². The van der Waals surface area contributed by atoms with Gasteiger partial charge in [-0.1, -0.05) is 30.0 Å². The lowest BCUT2D eigenvalue weighted by molar-refractivity contribution is -0.113. The normalized spacial score (nSPS) is 14.8. The van der Waals surface area contributed by atoms with Gasteiger partial charge < -0.3 is 14.5 Å². The van der Waals surface area contributed by atoms with Crippen molar-refractivity contribution in [2.45, 2.75) is 24.0 Å². The Hall–Kier alpha value is -2.73. The summed E-state index contributed by atoms with van der Waals surface area (Å²) in [6, 6.07) is 12.1. The molecule has 33 heavy (non-hydrogen) atoms. The molecule has 0 atom stereocenters. The number of carbonyl (C=O) groups excluding carboxylic acids is 1. The van der Waals surface area contributed by atoms with Crippen LogP contribution in [0, 0.1) is 13.8 Å². The lowest BCUT2D eigenvalue weighted by Crippen LogP contribution is -2.40. The first kappa shape index (κ1) is 23.4. The third kappa shape index (κ3) is 5.44. The van der Waals surface area contributed by atoms with Crippen LogP contribution in [0.3, 0.4) is 0 Å². The number of morpholine rings is 1. The zero-order valence-electron chi connectivity index (χ0n) is 18.3. The van der Waals surface area contributed by atoms with E-state index in [0.717, 1.165) is 28.6 Å². The van der Waals surface area contributed by atoms with Crippen LogP contribution in [0.5, 0.6) is 0 Å². The van der Waals surface area contributed by atoms with Gasteiger partial charge in [0.1, 0.15) is 0 Å². The molecule has 2 aromatic carbocycles. The van der Waals surface area contributed by atoms with Crippen LogP contribution in [0.25, 0.3) is 11.5 Å². The molecule has 0 saturated carbocycles. The highest BCUT2D eigenvalue weighted by atomic mass is 32.2. The largest absolute Gasteiger partial charge is 0.411 e. The van der Waals surface area contributed by atoms with Gasteiger partial charge in [0, 0.05) is 24.3 Å². The smallest absolute Gasteiger partial charge is 0.277 e. The van der Waals surface area contributed by atoms with Crippen molar-refractivity contribution < 1.29 is 22.4 Å². The first-order valence-electron chi connectivity index (χ1n) is 10.4. The molecular weight excluding hydrogens is 464 g/mol. The van der Waals surface area contributed by atoms with Crippen LogP contribution >= 0.6 is 11.8 Å². The molecule has 1 aliphatic rings. The van der Waals surface area contributed by atoms with E-state index in [0.29, 0.717) is 31.9 Å². The molecule has 0 unspecified atom stereocenters. The summed E-state index contributed by atoms with van der Waals surface area (Å²) in [6.07, 6.45) is 0. The van der Waals surface area contributed by atoms with Gasteiger partial charge in [0.2, 0.25) is 21.8 Å². The Kier molecular flexibility index (Phi) is 7.13. The van der Waals surface area contributed by atoms with Crippen molar-refractivity contribution in [2.24, 2.45) is 0 Å². The Balaban J connectivity index is 1.41. The molecule has 3 aromatic rings. The van der Waals surface area contributed by atoms with Crippen LogP contribution in [0.4, 0.5) is 5.69 Å². The molecule has 0 bridgehead atoms. The number of sulfonamides is 1. The monoisotopic (exact) mass is 488 g/mol. The summed E-state index contributed by atoms with van der Waals surface area (Å²) in [5, 5.41) is 11.1. The Morgan fingerprint density at radius 1 is 1.12 bits per heavy atom. The van der Waals surface area contributed by atoms with E-state index in [2.05, 4.69) is 15.5 Å². The molecule has 1 amide bonds. The maximum Gasteiger partial charge on any atom is 0.277 e. The zero-order valence-corrected chi connectivity index (χ0v) is 19.9. The van der Waals surface area contributed by atoms with E-state index in [1.807, 2.05) is 32.0 Å². The number of benzene rings is 2. The van der Waals surface area contributed by atoms with E-state index in [1.165, 1.54) is 16.4 Å². The fraction of sp³-hybridized carbons (Fsp3) is 0.318. The molecule has 174 valence electrons. The number of nitrogens with zero attached hydrogens (tertiary/aromatic N) is 3. The number of rotatable bonds is 7. The molecule has 4 rings (SSSR count). The molecular formula is C22H24N4O5S2. The topological polar surface area (TPSA) is 115 Å². The van der Waals surface area contributed by atoms with E-state index < -0.39 is 10.0 Å². The van der Waals surface area contributed by atoms with E-state index in [4.69, 9.17) is 9.15 Å². The first-order valence-corrected chi connectivity index (χ1v) is 12.8. The lowest BCUT2D eigenvalue weighted by atomic mass is 10.1. The van der Waals surface area contributed by atoms with Crippen molar-refractivity contribution in [3.05, 3.63) is 53.6 Å². The molecule has 0 spiro atoms. The van der Waals surface area contributed by atoms with Crippen molar-refractivity contribution in [3.63, 3.8) is 0 Å². The van der Waals surface area contributed by atoms with E-state index in [-0.39, 0.29) is 27.7 Å². The minimum atomic E-state index is -3.64. The van der Waals surface area contributed by atoms with Crippen LogP contribution in [-0.4, -0.2) is 60.9 Å². The Morgan fingerprint density at radius 3 is 2.67 bits per heavy atom. The number of anilines is 1. The number of nitrogens with one attached hydrogen (secondary N) is 1. The third-order valence-corrected chi connectivity index (χ3v) is 8.01. The molecule has 1 saturated heterocycles. The quantitative estimate of drug-likeness (QED) is 0.505. The highest BCUT2D eigenvalue weighted by molar-refractivity contribution is 7.99. The summed E-state index contributed by atoms with van der Waals surface area (Å²) >= 11 is 1.11. The summed E-state index contributed by atoms with van der Waals surface area (Å²) < 4.78 is 38.1. The van der Waals surface area contributed by atoms with Gasteiger partial charge in [-0.25, -0.2) is 8.42 Å². The van der Waals surface area contributed by atoms with Gasteiger partial charge in [-0.3, -0.25) is 4.79 Å². The number of carbonyl (C=O) groups is 1. The van der Waals surface area contributed by atoms with Crippen LogP contribution < -0.4 is 5.32 Å². The zero-order chi connectivity index (χ0) is 23.4. The van der Waals surface area contributed by atoms with Crippen molar-refractivity contribution in [1.29, 1.82) is 0 Å². The maximum atomic E-state index is 12.9. The number of aromatic nitrogens is 2. The standard InChI is InChI=1S/C22H24N4O5S2/c1-15-5-3-8-19(16(15)2)23-20(27)14-32-22-25-24-21(31-22)17-6-4-7-18(13-17)33(28,29)26-9-11-30-12-10-26/h3-8,13H,9-12,14H2,1-2H3,(H,23,27). The van der Waals surface area contributed by atoms with E-state index in [9.17, 15) is 13.2 Å². The van der Waals surface area contributed by atoms with Crippen LogP contribution in [0.2, 0.25) is 0 Å². The van der Waals surface area contributed by atoms with Crippen molar-refractivity contribution in [1.82, 2.24) is 14.5 Å². The minimum absolute atomic E-state index is 0.0977. The predicted molar refractivity (Wildman–Crippen MR) is 125 cm³/mol. The molecule has 11 heteroatoms. The SMILES string of the molecule is Cc1cccc(NC(=O)CSc2nnc(-c3cccc(S(=O)(=O)N4CCOCC4)c3)o2)c1C. The molecule has 1 N–H and O–H groups in total. The van der Waals surface area contributed by atoms with Gasteiger partial charge in [0.25, 0.3) is 5.22 Å². The minimum Gasteiger partial charge on any atom is -0.411 e. The summed E-state index contributed by atoms with van der Waals surface area (Å²) in [4.78, 5) is 12.5. The predicted octanol–water partition coefficient (Wildman–Crippen LogP) is 3.11. The van der Waals surface area contributed by atoms with Crippen LogP contribution in [0.15, 0.2) is 57.0 Å². The van der Waals surface area contributed by atoms with Gasteiger partial charge in [0.05, 0.1) is 23.9 Å². The number of ether oxygens (including phenoxy) is 1. The lowest BCUT2D eigenvalue weighted by Gasteiger charge is -2.26. The average Bonchev–Trinajstić information content (AvgIpc) is 3.31. The van der Waals surface area contributed by atoms with E-state index in [1.54, 1.807) is 12.1 Å². The van der Waals surface area contributed by atoms with Gasteiger partial charge in [-0.05, 0) is 49.2 Å². The van der Waals surface area contributed by atoms with Crippen LogP contribution in [-0.2, 0) is 19.6 Å². The molecule has 1 aliphatic heterocycles. The van der Waals surface area contributed by atoms with Crippen molar-refractivity contribution in [3.8, 4) is 11.5 Å². The van der Waals surface area contributed by atoms with Gasteiger partial charge >= 0.3 is 0 Å². The molecule has 2 heterocycles. The highest BCUT2D eigenvalue weighted by Gasteiger charge is 2.27. The molecule has 1 fully saturated rings. The van der Waals surface area contributed by atoms with Crippen molar-refractivity contribution in [2.75, 3.05) is 37.4 Å². The summed E-state index contributed by atoms with van der Waals surface area (Å²) in [5.74, 6) is 0.0963. The van der Waals surface area contributed by atoms with E-state index >= 15 is 0 Å². The number of thioether (sulfide) groups is 1. The molecule has 0 radical (unpaired) electrons. The Morgan fingerprint density at radius 2 is 1.88 bits per heavy atom. The molecule has 1 aromatic heterocycles.